The highest BCUT2D eigenvalue weighted by molar-refractivity contribution is 7.13. The summed E-state index contributed by atoms with van der Waals surface area (Å²) in [5, 5.41) is 9.97. The van der Waals surface area contributed by atoms with Crippen molar-refractivity contribution in [3.05, 3.63) is 51.5 Å². The second-order valence-electron chi connectivity index (χ2n) is 6.10. The lowest BCUT2D eigenvalue weighted by Crippen LogP contribution is -2.39. The van der Waals surface area contributed by atoms with Gasteiger partial charge in [-0.3, -0.25) is 0 Å². The fraction of sp³-hybridized carbons (Fsp3) is 0.389. The third kappa shape index (κ3) is 4.17. The normalized spacial score (nSPS) is 17.3. The van der Waals surface area contributed by atoms with Crippen LogP contribution in [0, 0.1) is 6.92 Å². The molecule has 7 heteroatoms. The molecule has 25 heavy (non-hydrogen) atoms. The molecule has 6 nitrogen and oxygen atoms in total. The van der Waals surface area contributed by atoms with Gasteiger partial charge in [0.15, 0.2) is 0 Å². The van der Waals surface area contributed by atoms with E-state index in [1.807, 2.05) is 30.3 Å². The number of rotatable bonds is 4. The lowest BCUT2D eigenvalue weighted by Gasteiger charge is -2.31. The van der Waals surface area contributed by atoms with Gasteiger partial charge in [0.1, 0.15) is 11.5 Å². The first-order valence-corrected chi connectivity index (χ1v) is 9.02. The standard InChI is InChI=1S/C18H20N2O4S/c1-12-15(17(21)22)25-16(19-12)14-8-5-9-20(10-14)18(23)24-11-13-6-3-2-4-7-13/h2-4,6-7,14H,5,8-11H2,1H3,(H,21,22). The maximum absolute atomic E-state index is 12.3. The van der Waals surface area contributed by atoms with Crippen molar-refractivity contribution in [2.75, 3.05) is 13.1 Å². The summed E-state index contributed by atoms with van der Waals surface area (Å²) in [4.78, 5) is 29.9. The number of carboxylic acid groups (broad SMARTS) is 1. The van der Waals surface area contributed by atoms with Crippen LogP contribution in [0.1, 0.15) is 44.7 Å². The highest BCUT2D eigenvalue weighted by Crippen LogP contribution is 2.32. The average Bonchev–Trinajstić information content (AvgIpc) is 3.03. The van der Waals surface area contributed by atoms with Crippen molar-refractivity contribution in [2.24, 2.45) is 0 Å². The van der Waals surface area contributed by atoms with Crippen LogP contribution in [0.2, 0.25) is 0 Å². The Bertz CT molecular complexity index is 760. The fourth-order valence-electron chi connectivity index (χ4n) is 2.95. The van der Waals surface area contributed by atoms with E-state index in [1.165, 1.54) is 11.3 Å². The Morgan fingerprint density at radius 3 is 2.80 bits per heavy atom. The number of carbonyl (C=O) groups excluding carboxylic acids is 1. The molecule has 1 aliphatic heterocycles. The number of thiazole rings is 1. The highest BCUT2D eigenvalue weighted by atomic mass is 32.1. The number of likely N-dealkylation sites (tertiary alicyclic amines) is 1. The van der Waals surface area contributed by atoms with E-state index >= 15 is 0 Å². The third-order valence-corrected chi connectivity index (χ3v) is 5.55. The van der Waals surface area contributed by atoms with Gasteiger partial charge in [-0.05, 0) is 25.3 Å². The van der Waals surface area contributed by atoms with Gasteiger partial charge in [-0.25, -0.2) is 14.6 Å². The van der Waals surface area contributed by atoms with Gasteiger partial charge in [-0.1, -0.05) is 30.3 Å². The molecule has 1 saturated heterocycles. The van der Waals surface area contributed by atoms with Crippen molar-refractivity contribution >= 4 is 23.4 Å². The molecule has 1 aliphatic rings. The van der Waals surface area contributed by atoms with E-state index in [9.17, 15) is 14.7 Å². The van der Waals surface area contributed by atoms with Gasteiger partial charge >= 0.3 is 12.1 Å². The lowest BCUT2D eigenvalue weighted by molar-refractivity contribution is 0.0700. The monoisotopic (exact) mass is 360 g/mol. The van der Waals surface area contributed by atoms with E-state index in [2.05, 4.69) is 4.98 Å². The Hall–Kier alpha value is -2.41. The quantitative estimate of drug-likeness (QED) is 0.900. The van der Waals surface area contributed by atoms with Crippen LogP contribution in [0.5, 0.6) is 0 Å². The summed E-state index contributed by atoms with van der Waals surface area (Å²) < 4.78 is 5.39. The van der Waals surface area contributed by atoms with E-state index in [4.69, 9.17) is 4.74 Å². The molecule has 1 N–H and O–H groups in total. The molecule has 0 radical (unpaired) electrons. The third-order valence-electron chi connectivity index (χ3n) is 4.24. The van der Waals surface area contributed by atoms with Crippen molar-refractivity contribution in [1.82, 2.24) is 9.88 Å². The van der Waals surface area contributed by atoms with E-state index < -0.39 is 5.97 Å². The molecule has 0 aliphatic carbocycles. The first-order chi connectivity index (χ1) is 12.0. The van der Waals surface area contributed by atoms with Crippen LogP contribution in [-0.4, -0.2) is 40.1 Å². The molecule has 2 aromatic rings. The SMILES string of the molecule is Cc1nc(C2CCCN(C(=O)OCc3ccccc3)C2)sc1C(=O)O. The zero-order valence-electron chi connectivity index (χ0n) is 14.0. The molecule has 2 heterocycles. The Morgan fingerprint density at radius 2 is 2.12 bits per heavy atom. The van der Waals surface area contributed by atoms with E-state index in [0.29, 0.717) is 18.8 Å². The second-order valence-corrected chi connectivity index (χ2v) is 7.13. The minimum absolute atomic E-state index is 0.0647. The van der Waals surface area contributed by atoms with Crippen molar-refractivity contribution in [1.29, 1.82) is 0 Å². The van der Waals surface area contributed by atoms with E-state index in [-0.39, 0.29) is 23.5 Å². The minimum atomic E-state index is -0.948. The number of benzene rings is 1. The summed E-state index contributed by atoms with van der Waals surface area (Å²) in [6.45, 7) is 3.12. The molecule has 1 aromatic heterocycles. The van der Waals surface area contributed by atoms with Crippen LogP contribution in [0.3, 0.4) is 0 Å². The maximum Gasteiger partial charge on any atom is 0.410 e. The van der Waals surface area contributed by atoms with E-state index in [0.717, 1.165) is 23.4 Å². The van der Waals surface area contributed by atoms with Gasteiger partial charge in [0.05, 0.1) is 10.7 Å². The highest BCUT2D eigenvalue weighted by Gasteiger charge is 2.29. The average molecular weight is 360 g/mol. The molecule has 1 aromatic carbocycles. The van der Waals surface area contributed by atoms with Gasteiger partial charge in [0.25, 0.3) is 0 Å². The van der Waals surface area contributed by atoms with Crippen LogP contribution < -0.4 is 0 Å². The summed E-state index contributed by atoms with van der Waals surface area (Å²) in [7, 11) is 0. The number of piperidine rings is 1. The Kier molecular flexibility index (Phi) is 5.33. The van der Waals surface area contributed by atoms with Crippen LogP contribution in [0.15, 0.2) is 30.3 Å². The molecule has 1 amide bonds. The number of aromatic nitrogens is 1. The first kappa shape index (κ1) is 17.4. The number of hydrogen-bond acceptors (Lipinski definition) is 5. The van der Waals surface area contributed by atoms with Gasteiger partial charge in [0.2, 0.25) is 0 Å². The summed E-state index contributed by atoms with van der Waals surface area (Å²) in [6, 6.07) is 9.56. The molecule has 0 saturated carbocycles. The number of carboxylic acids is 1. The van der Waals surface area contributed by atoms with Crippen LogP contribution >= 0.6 is 11.3 Å². The Morgan fingerprint density at radius 1 is 1.36 bits per heavy atom. The van der Waals surface area contributed by atoms with Crippen molar-refractivity contribution in [3.63, 3.8) is 0 Å². The fourth-order valence-corrected chi connectivity index (χ4v) is 3.98. The number of aryl methyl sites for hydroxylation is 1. The smallest absolute Gasteiger partial charge is 0.410 e. The number of amides is 1. The number of carbonyl (C=O) groups is 2. The van der Waals surface area contributed by atoms with E-state index in [1.54, 1.807) is 11.8 Å². The van der Waals surface area contributed by atoms with Crippen molar-refractivity contribution in [3.8, 4) is 0 Å². The number of ether oxygens (including phenoxy) is 1. The largest absolute Gasteiger partial charge is 0.477 e. The second kappa shape index (κ2) is 7.65. The first-order valence-electron chi connectivity index (χ1n) is 8.21. The van der Waals surface area contributed by atoms with Gasteiger partial charge < -0.3 is 14.7 Å². The van der Waals surface area contributed by atoms with Crippen LogP contribution in [0.25, 0.3) is 0 Å². The Labute approximate surface area is 150 Å². The van der Waals surface area contributed by atoms with Gasteiger partial charge in [-0.15, -0.1) is 11.3 Å². The summed E-state index contributed by atoms with van der Waals surface area (Å²) in [5.74, 6) is -0.883. The maximum atomic E-state index is 12.3. The number of hydrogen-bond donors (Lipinski definition) is 1. The molecule has 3 rings (SSSR count). The predicted molar refractivity (Wildman–Crippen MR) is 94.0 cm³/mol. The van der Waals surface area contributed by atoms with Crippen LogP contribution in [0.4, 0.5) is 4.79 Å². The van der Waals surface area contributed by atoms with Crippen molar-refractivity contribution in [2.45, 2.75) is 32.3 Å². The molecule has 1 atom stereocenters. The number of nitrogens with zero attached hydrogens (tertiary/aromatic N) is 2. The van der Waals surface area contributed by atoms with Gasteiger partial charge in [0, 0.05) is 19.0 Å². The molecule has 1 unspecified atom stereocenters. The molecule has 0 spiro atoms. The minimum Gasteiger partial charge on any atom is -0.477 e. The molecule has 132 valence electrons. The summed E-state index contributed by atoms with van der Waals surface area (Å²) in [6.07, 6.45) is 1.42. The topological polar surface area (TPSA) is 79.7 Å². The summed E-state index contributed by atoms with van der Waals surface area (Å²) >= 11 is 1.21. The number of aromatic carboxylic acids is 1. The Balaban J connectivity index is 1.61. The molecular formula is C18H20N2O4S. The molecular weight excluding hydrogens is 340 g/mol. The summed E-state index contributed by atoms with van der Waals surface area (Å²) in [5.41, 5.74) is 1.49. The molecule has 0 bridgehead atoms. The zero-order chi connectivity index (χ0) is 17.8. The lowest BCUT2D eigenvalue weighted by atomic mass is 9.99. The van der Waals surface area contributed by atoms with Crippen LogP contribution in [-0.2, 0) is 11.3 Å². The zero-order valence-corrected chi connectivity index (χ0v) is 14.8. The molecule has 1 fully saturated rings. The van der Waals surface area contributed by atoms with Crippen molar-refractivity contribution < 1.29 is 19.4 Å². The predicted octanol–water partition coefficient (Wildman–Crippen LogP) is 3.67. The van der Waals surface area contributed by atoms with Gasteiger partial charge in [-0.2, -0.15) is 0 Å².